The molecule has 3 rings (SSSR count). The average Bonchev–Trinajstić information content (AvgIpc) is 2.89. The maximum absolute atomic E-state index is 13.7. The molecule has 1 aliphatic rings. The number of rotatable bonds is 3. The molecule has 20 heavy (non-hydrogen) atoms. The second-order valence-electron chi connectivity index (χ2n) is 5.29. The third-order valence-electron chi connectivity index (χ3n) is 3.95. The van der Waals surface area contributed by atoms with Crippen LogP contribution in [0.5, 0.6) is 5.75 Å². The van der Waals surface area contributed by atoms with Gasteiger partial charge in [0, 0.05) is 18.4 Å². The molecular formula is C16H17FO3. The molecule has 0 saturated carbocycles. The number of furan rings is 1. The van der Waals surface area contributed by atoms with Crippen molar-refractivity contribution in [3.8, 4) is 5.75 Å². The minimum Gasteiger partial charge on any atom is -0.494 e. The van der Waals surface area contributed by atoms with Gasteiger partial charge < -0.3 is 14.3 Å². The number of hydrogen-bond acceptors (Lipinski definition) is 3. The molecule has 1 unspecified atom stereocenters. The molecule has 0 amide bonds. The van der Waals surface area contributed by atoms with Crippen molar-refractivity contribution in [3.05, 3.63) is 53.2 Å². The second-order valence-corrected chi connectivity index (χ2v) is 5.29. The number of aliphatic hydroxyl groups is 1. The first-order valence-corrected chi connectivity index (χ1v) is 6.74. The Morgan fingerprint density at radius 2 is 2.25 bits per heavy atom. The second kappa shape index (κ2) is 4.94. The van der Waals surface area contributed by atoms with E-state index in [9.17, 15) is 9.50 Å². The summed E-state index contributed by atoms with van der Waals surface area (Å²) in [5.74, 6) is 0.651. The van der Waals surface area contributed by atoms with Crippen LogP contribution in [-0.2, 0) is 18.4 Å². The Labute approximate surface area is 117 Å². The van der Waals surface area contributed by atoms with Crippen LogP contribution in [0.4, 0.5) is 4.39 Å². The van der Waals surface area contributed by atoms with Gasteiger partial charge in [-0.15, -0.1) is 0 Å². The van der Waals surface area contributed by atoms with E-state index in [1.54, 1.807) is 18.4 Å². The topological polar surface area (TPSA) is 42.6 Å². The summed E-state index contributed by atoms with van der Waals surface area (Å²) in [6, 6.07) is 6.61. The molecule has 1 aromatic carbocycles. The highest BCUT2D eigenvalue weighted by molar-refractivity contribution is 5.34. The van der Waals surface area contributed by atoms with E-state index in [1.165, 1.54) is 13.2 Å². The molecule has 1 atom stereocenters. The van der Waals surface area contributed by atoms with Gasteiger partial charge in [-0.25, -0.2) is 4.39 Å². The summed E-state index contributed by atoms with van der Waals surface area (Å²) in [5, 5.41) is 10.9. The van der Waals surface area contributed by atoms with Crippen molar-refractivity contribution in [2.45, 2.75) is 31.3 Å². The van der Waals surface area contributed by atoms with Crippen molar-refractivity contribution >= 4 is 0 Å². The molecule has 0 saturated heterocycles. The molecule has 1 N–H and O–H groups in total. The molecule has 2 aromatic rings. The number of methoxy groups -OCH3 is 1. The lowest BCUT2D eigenvalue weighted by Crippen LogP contribution is -2.32. The lowest BCUT2D eigenvalue weighted by atomic mass is 9.79. The van der Waals surface area contributed by atoms with Crippen LogP contribution in [0.15, 0.2) is 34.9 Å². The van der Waals surface area contributed by atoms with E-state index < -0.39 is 11.4 Å². The highest BCUT2D eigenvalue weighted by atomic mass is 19.1. The monoisotopic (exact) mass is 276 g/mol. The summed E-state index contributed by atoms with van der Waals surface area (Å²) >= 11 is 0. The van der Waals surface area contributed by atoms with Crippen molar-refractivity contribution in [1.82, 2.24) is 0 Å². The van der Waals surface area contributed by atoms with Crippen LogP contribution in [-0.4, -0.2) is 12.2 Å². The van der Waals surface area contributed by atoms with E-state index in [-0.39, 0.29) is 5.75 Å². The maximum Gasteiger partial charge on any atom is 0.165 e. The van der Waals surface area contributed by atoms with Crippen molar-refractivity contribution < 1.29 is 18.7 Å². The van der Waals surface area contributed by atoms with Gasteiger partial charge in [-0.2, -0.15) is 0 Å². The van der Waals surface area contributed by atoms with Crippen LogP contribution in [0.1, 0.15) is 29.7 Å². The normalized spacial score (nSPS) is 21.6. The molecule has 1 heterocycles. The Morgan fingerprint density at radius 1 is 1.40 bits per heavy atom. The highest BCUT2D eigenvalue weighted by Gasteiger charge is 2.36. The highest BCUT2D eigenvalue weighted by Crippen LogP contribution is 2.38. The van der Waals surface area contributed by atoms with Crippen LogP contribution in [0, 0.1) is 5.82 Å². The Bertz CT molecular complexity index is 620. The molecule has 1 aliphatic carbocycles. The van der Waals surface area contributed by atoms with Gasteiger partial charge in [-0.3, -0.25) is 0 Å². The van der Waals surface area contributed by atoms with Crippen molar-refractivity contribution in [2.24, 2.45) is 0 Å². The zero-order valence-electron chi connectivity index (χ0n) is 11.4. The van der Waals surface area contributed by atoms with Gasteiger partial charge in [0.05, 0.1) is 19.0 Å². The van der Waals surface area contributed by atoms with Gasteiger partial charge in [0.2, 0.25) is 0 Å². The molecular weight excluding hydrogens is 259 g/mol. The number of benzene rings is 1. The van der Waals surface area contributed by atoms with Gasteiger partial charge in [0.1, 0.15) is 5.76 Å². The fourth-order valence-electron chi connectivity index (χ4n) is 2.97. The fourth-order valence-corrected chi connectivity index (χ4v) is 2.97. The van der Waals surface area contributed by atoms with Gasteiger partial charge in [0.15, 0.2) is 11.6 Å². The van der Waals surface area contributed by atoms with E-state index in [2.05, 4.69) is 0 Å². The smallest absolute Gasteiger partial charge is 0.165 e. The van der Waals surface area contributed by atoms with E-state index in [4.69, 9.17) is 9.15 Å². The van der Waals surface area contributed by atoms with Crippen molar-refractivity contribution in [3.63, 3.8) is 0 Å². The summed E-state index contributed by atoms with van der Waals surface area (Å²) < 4.78 is 24.0. The lowest BCUT2D eigenvalue weighted by molar-refractivity contribution is 0.0168. The minimum atomic E-state index is -0.971. The van der Waals surface area contributed by atoms with Gasteiger partial charge in [0.25, 0.3) is 0 Å². The number of ether oxygens (including phenoxy) is 1. The molecule has 0 radical (unpaired) electrons. The molecule has 3 nitrogen and oxygen atoms in total. The third kappa shape index (κ3) is 2.20. The summed E-state index contributed by atoms with van der Waals surface area (Å²) in [7, 11) is 1.44. The SMILES string of the molecule is COc1ccc(CC2(O)CCCc3occc32)cc1F. The number of aryl methyl sites for hydroxylation is 1. The van der Waals surface area contributed by atoms with Gasteiger partial charge in [-0.05, 0) is 36.6 Å². The Kier molecular flexibility index (Phi) is 3.26. The molecule has 106 valence electrons. The lowest BCUT2D eigenvalue weighted by Gasteiger charge is -2.31. The zero-order chi connectivity index (χ0) is 14.2. The number of hydrogen-bond donors (Lipinski definition) is 1. The van der Waals surface area contributed by atoms with Crippen LogP contribution >= 0.6 is 0 Å². The molecule has 1 aromatic heterocycles. The van der Waals surface area contributed by atoms with Crippen LogP contribution < -0.4 is 4.74 Å². The van der Waals surface area contributed by atoms with Crippen LogP contribution in [0.25, 0.3) is 0 Å². The Balaban J connectivity index is 1.90. The third-order valence-corrected chi connectivity index (χ3v) is 3.95. The van der Waals surface area contributed by atoms with E-state index in [1.807, 2.05) is 6.07 Å². The summed E-state index contributed by atoms with van der Waals surface area (Å²) in [5.41, 5.74) is 0.613. The van der Waals surface area contributed by atoms with E-state index in [0.717, 1.165) is 29.7 Å². The fraction of sp³-hybridized carbons (Fsp3) is 0.375. The zero-order valence-corrected chi connectivity index (χ0v) is 11.4. The maximum atomic E-state index is 13.7. The molecule has 0 bridgehead atoms. The molecule has 0 spiro atoms. The predicted molar refractivity (Wildman–Crippen MR) is 72.2 cm³/mol. The first-order chi connectivity index (χ1) is 9.62. The molecule has 0 fully saturated rings. The summed E-state index contributed by atoms with van der Waals surface area (Å²) in [6.07, 6.45) is 4.36. The standard InChI is InChI=1S/C16H17FO3/c1-19-15-5-4-11(9-13(15)17)10-16(18)7-2-3-14-12(16)6-8-20-14/h4-6,8-9,18H,2-3,7,10H2,1H3. The number of halogens is 1. The van der Waals surface area contributed by atoms with Crippen molar-refractivity contribution in [1.29, 1.82) is 0 Å². The van der Waals surface area contributed by atoms with Crippen LogP contribution in [0.3, 0.4) is 0 Å². The first kappa shape index (κ1) is 13.2. The average molecular weight is 276 g/mol. The Hall–Kier alpha value is -1.81. The summed E-state index contributed by atoms with van der Waals surface area (Å²) in [4.78, 5) is 0. The van der Waals surface area contributed by atoms with E-state index in [0.29, 0.717) is 12.8 Å². The van der Waals surface area contributed by atoms with E-state index >= 15 is 0 Å². The molecule has 4 heteroatoms. The quantitative estimate of drug-likeness (QED) is 0.936. The Morgan fingerprint density at radius 3 is 3.00 bits per heavy atom. The largest absolute Gasteiger partial charge is 0.494 e. The summed E-state index contributed by atoms with van der Waals surface area (Å²) in [6.45, 7) is 0. The predicted octanol–water partition coefficient (Wildman–Crippen LogP) is 3.19. The van der Waals surface area contributed by atoms with Gasteiger partial charge in [-0.1, -0.05) is 6.07 Å². The number of fused-ring (bicyclic) bond motifs is 1. The first-order valence-electron chi connectivity index (χ1n) is 6.74. The van der Waals surface area contributed by atoms with Gasteiger partial charge >= 0.3 is 0 Å². The van der Waals surface area contributed by atoms with Crippen molar-refractivity contribution in [2.75, 3.05) is 7.11 Å². The molecule has 0 aliphatic heterocycles. The van der Waals surface area contributed by atoms with Crippen LogP contribution in [0.2, 0.25) is 0 Å². The minimum absolute atomic E-state index is 0.216.